The highest BCUT2D eigenvalue weighted by molar-refractivity contribution is 5.96. The molecule has 2 N–H and O–H groups in total. The first kappa shape index (κ1) is 15.1. The number of esters is 1. The molecule has 1 heterocycles. The van der Waals surface area contributed by atoms with E-state index in [2.05, 4.69) is 4.42 Å². The van der Waals surface area contributed by atoms with Crippen LogP contribution < -0.4 is 5.73 Å². The molecular formula is C11H12F3NO4. The smallest absolute Gasteiger partial charge is 0.450 e. The Bertz CT molecular complexity index is 511. The second kappa shape index (κ2) is 4.60. The molecule has 1 aromatic rings. The van der Waals surface area contributed by atoms with Crippen molar-refractivity contribution >= 4 is 11.9 Å². The molecule has 0 spiro atoms. The van der Waals surface area contributed by atoms with Gasteiger partial charge in [0.25, 0.3) is 5.91 Å². The maximum Gasteiger partial charge on any atom is 0.450 e. The third-order valence-electron chi connectivity index (χ3n) is 1.85. The van der Waals surface area contributed by atoms with Crippen LogP contribution in [-0.4, -0.2) is 17.5 Å². The van der Waals surface area contributed by atoms with Gasteiger partial charge in [0.1, 0.15) is 11.2 Å². The number of halogens is 3. The molecule has 0 saturated heterocycles. The van der Waals surface area contributed by atoms with Crippen molar-refractivity contribution in [3.05, 3.63) is 23.2 Å². The Labute approximate surface area is 106 Å². The van der Waals surface area contributed by atoms with Gasteiger partial charge in [0.2, 0.25) is 5.76 Å². The molecule has 0 bridgehead atoms. The minimum atomic E-state index is -4.93. The zero-order valence-electron chi connectivity index (χ0n) is 10.4. The van der Waals surface area contributed by atoms with E-state index in [0.717, 1.165) is 0 Å². The van der Waals surface area contributed by atoms with Gasteiger partial charge in [-0.1, -0.05) is 0 Å². The highest BCUT2D eigenvalue weighted by Crippen LogP contribution is 2.34. The number of amides is 1. The molecule has 1 amide bonds. The third-order valence-corrected chi connectivity index (χ3v) is 1.85. The molecule has 106 valence electrons. The monoisotopic (exact) mass is 279 g/mol. The van der Waals surface area contributed by atoms with Crippen LogP contribution in [0.3, 0.4) is 0 Å². The minimum absolute atomic E-state index is 0.624. The molecular weight excluding hydrogens is 267 g/mol. The van der Waals surface area contributed by atoms with Gasteiger partial charge < -0.3 is 14.9 Å². The lowest BCUT2D eigenvalue weighted by Crippen LogP contribution is -2.25. The zero-order valence-corrected chi connectivity index (χ0v) is 10.4. The number of hydrogen-bond acceptors (Lipinski definition) is 4. The quantitative estimate of drug-likeness (QED) is 0.842. The van der Waals surface area contributed by atoms with E-state index in [-0.39, 0.29) is 0 Å². The largest absolute Gasteiger partial charge is 0.456 e. The number of hydrogen-bond donors (Lipinski definition) is 1. The topological polar surface area (TPSA) is 82.5 Å². The fourth-order valence-corrected chi connectivity index (χ4v) is 1.21. The molecule has 1 aromatic heterocycles. The molecule has 0 radical (unpaired) electrons. The molecule has 0 saturated carbocycles. The number of nitrogens with two attached hydrogens (primary N) is 1. The van der Waals surface area contributed by atoms with Crippen molar-refractivity contribution in [2.75, 3.05) is 0 Å². The van der Waals surface area contributed by atoms with Crippen LogP contribution in [0.2, 0.25) is 0 Å². The van der Waals surface area contributed by atoms with E-state index in [9.17, 15) is 22.8 Å². The summed E-state index contributed by atoms with van der Waals surface area (Å²) in [5.74, 6) is -4.81. The molecule has 0 unspecified atom stereocenters. The van der Waals surface area contributed by atoms with Gasteiger partial charge >= 0.3 is 12.1 Å². The van der Waals surface area contributed by atoms with Gasteiger partial charge in [-0.2, -0.15) is 13.2 Å². The van der Waals surface area contributed by atoms with Crippen molar-refractivity contribution in [3.8, 4) is 0 Å². The lowest BCUT2D eigenvalue weighted by Gasteiger charge is -2.19. The average Bonchev–Trinajstić information content (AvgIpc) is 2.57. The Morgan fingerprint density at radius 2 is 1.79 bits per heavy atom. The van der Waals surface area contributed by atoms with Crippen LogP contribution >= 0.6 is 0 Å². The summed E-state index contributed by atoms with van der Waals surface area (Å²) in [6.45, 7) is 4.48. The van der Waals surface area contributed by atoms with Crippen LogP contribution in [0.25, 0.3) is 0 Å². The van der Waals surface area contributed by atoms with Crippen LogP contribution in [0.1, 0.15) is 47.4 Å². The minimum Gasteiger partial charge on any atom is -0.456 e. The fourth-order valence-electron chi connectivity index (χ4n) is 1.21. The van der Waals surface area contributed by atoms with Crippen molar-refractivity contribution in [1.82, 2.24) is 0 Å². The van der Waals surface area contributed by atoms with E-state index >= 15 is 0 Å². The first-order valence-electron chi connectivity index (χ1n) is 5.16. The molecule has 0 aliphatic carbocycles. The zero-order chi connectivity index (χ0) is 15.0. The van der Waals surface area contributed by atoms with E-state index < -0.39 is 40.7 Å². The van der Waals surface area contributed by atoms with Crippen molar-refractivity contribution < 1.29 is 31.9 Å². The van der Waals surface area contributed by atoms with Gasteiger partial charge in [-0.3, -0.25) is 4.79 Å². The summed E-state index contributed by atoms with van der Waals surface area (Å²) in [7, 11) is 0. The second-order valence-corrected chi connectivity index (χ2v) is 4.72. The first-order chi connectivity index (χ1) is 8.42. The van der Waals surface area contributed by atoms with Crippen LogP contribution in [0.15, 0.2) is 10.5 Å². The molecule has 19 heavy (non-hydrogen) atoms. The maximum absolute atomic E-state index is 12.7. The predicted molar refractivity (Wildman–Crippen MR) is 57.4 cm³/mol. The Morgan fingerprint density at radius 1 is 1.26 bits per heavy atom. The van der Waals surface area contributed by atoms with Gasteiger partial charge in [0.05, 0.1) is 0 Å². The lowest BCUT2D eigenvalue weighted by molar-refractivity contribution is -0.153. The van der Waals surface area contributed by atoms with Gasteiger partial charge in [0, 0.05) is 6.07 Å². The molecule has 8 heteroatoms. The van der Waals surface area contributed by atoms with Crippen molar-refractivity contribution in [1.29, 1.82) is 0 Å². The Balaban J connectivity index is 3.26. The SMILES string of the molecule is CC(C)(C)OC(=O)c1cc(C(N)=O)oc1C(F)(F)F. The van der Waals surface area contributed by atoms with E-state index in [0.29, 0.717) is 6.07 Å². The summed E-state index contributed by atoms with van der Waals surface area (Å²) >= 11 is 0. The van der Waals surface area contributed by atoms with E-state index in [1.54, 1.807) is 0 Å². The van der Waals surface area contributed by atoms with E-state index in [1.807, 2.05) is 0 Å². The predicted octanol–water partition coefficient (Wildman–Crippen LogP) is 2.35. The van der Waals surface area contributed by atoms with Gasteiger partial charge in [0.15, 0.2) is 5.76 Å². The summed E-state index contributed by atoms with van der Waals surface area (Å²) in [6.07, 6.45) is -4.93. The summed E-state index contributed by atoms with van der Waals surface area (Å²) in [5, 5.41) is 0. The lowest BCUT2D eigenvalue weighted by atomic mass is 10.1. The Kier molecular flexibility index (Phi) is 3.65. The van der Waals surface area contributed by atoms with Gasteiger partial charge in [-0.15, -0.1) is 0 Å². The molecule has 1 rings (SSSR count). The van der Waals surface area contributed by atoms with Crippen molar-refractivity contribution in [2.45, 2.75) is 32.5 Å². The highest BCUT2D eigenvalue weighted by Gasteiger charge is 2.42. The fraction of sp³-hybridized carbons (Fsp3) is 0.455. The number of rotatable bonds is 2. The van der Waals surface area contributed by atoms with E-state index in [1.165, 1.54) is 20.8 Å². The number of ether oxygens (including phenoxy) is 1. The maximum atomic E-state index is 12.7. The van der Waals surface area contributed by atoms with Gasteiger partial charge in [-0.25, -0.2) is 4.79 Å². The van der Waals surface area contributed by atoms with Crippen molar-refractivity contribution in [3.63, 3.8) is 0 Å². The van der Waals surface area contributed by atoms with Crippen molar-refractivity contribution in [2.24, 2.45) is 5.73 Å². The van der Waals surface area contributed by atoms with Crippen LogP contribution in [0.4, 0.5) is 13.2 Å². The molecule has 5 nitrogen and oxygen atoms in total. The van der Waals surface area contributed by atoms with Crippen LogP contribution in [-0.2, 0) is 10.9 Å². The van der Waals surface area contributed by atoms with E-state index in [4.69, 9.17) is 10.5 Å². The first-order valence-corrected chi connectivity index (χ1v) is 5.16. The standard InChI is InChI=1S/C11H12F3NO4/c1-10(2,3)19-9(17)5-4-6(8(15)16)18-7(5)11(12,13)14/h4H,1-3H3,(H2,15,16). The second-order valence-electron chi connectivity index (χ2n) is 4.72. The summed E-state index contributed by atoms with van der Waals surface area (Å²) < 4.78 is 47.1. The highest BCUT2D eigenvalue weighted by atomic mass is 19.4. The number of furan rings is 1. The van der Waals surface area contributed by atoms with Crippen LogP contribution in [0, 0.1) is 0 Å². The normalized spacial score (nSPS) is 12.3. The summed E-state index contributed by atoms with van der Waals surface area (Å²) in [5.41, 5.74) is 2.95. The molecule has 0 aliphatic heterocycles. The summed E-state index contributed by atoms with van der Waals surface area (Å²) in [4.78, 5) is 22.4. The average molecular weight is 279 g/mol. The Hall–Kier alpha value is -1.99. The molecule has 0 aliphatic rings. The van der Waals surface area contributed by atoms with Crippen LogP contribution in [0.5, 0.6) is 0 Å². The molecule has 0 atom stereocenters. The van der Waals surface area contributed by atoms with Gasteiger partial charge in [-0.05, 0) is 20.8 Å². The third kappa shape index (κ3) is 3.73. The molecule has 0 fully saturated rings. The number of carbonyl (C=O) groups is 2. The molecule has 0 aromatic carbocycles. The number of primary amides is 1. The Morgan fingerprint density at radius 3 is 2.16 bits per heavy atom. The summed E-state index contributed by atoms with van der Waals surface area (Å²) in [6, 6.07) is 0.624. The number of carbonyl (C=O) groups excluding carboxylic acids is 2. The number of alkyl halides is 3.